The summed E-state index contributed by atoms with van der Waals surface area (Å²) in [7, 11) is 0. The van der Waals surface area contributed by atoms with E-state index in [9.17, 15) is 9.59 Å². The molecule has 5 nitrogen and oxygen atoms in total. The molecule has 0 radical (unpaired) electrons. The van der Waals surface area contributed by atoms with Gasteiger partial charge in [0.25, 0.3) is 0 Å². The number of hydrogen-bond donors (Lipinski definition) is 2. The molecule has 5 heteroatoms. The Balaban J connectivity index is 2.70. The summed E-state index contributed by atoms with van der Waals surface area (Å²) < 4.78 is 0. The molecule has 0 bridgehead atoms. The van der Waals surface area contributed by atoms with Gasteiger partial charge in [-0.3, -0.25) is 14.7 Å². The second-order valence-corrected chi connectivity index (χ2v) is 3.62. The molecule has 0 aliphatic carbocycles. The Morgan fingerprint density at radius 2 is 1.94 bits per heavy atom. The van der Waals surface area contributed by atoms with Crippen LogP contribution in [0.25, 0.3) is 11.4 Å². The highest BCUT2D eigenvalue weighted by molar-refractivity contribution is 5.92. The van der Waals surface area contributed by atoms with Gasteiger partial charge in [-0.1, -0.05) is 0 Å². The van der Waals surface area contributed by atoms with E-state index in [1.54, 1.807) is 13.1 Å². The zero-order valence-electron chi connectivity index (χ0n) is 9.00. The van der Waals surface area contributed by atoms with Crippen molar-refractivity contribution in [1.82, 2.24) is 15.2 Å². The van der Waals surface area contributed by atoms with Gasteiger partial charge in [0.1, 0.15) is 0 Å². The fourth-order valence-corrected chi connectivity index (χ4v) is 1.69. The van der Waals surface area contributed by atoms with E-state index in [0.717, 1.165) is 17.5 Å². The third-order valence-electron chi connectivity index (χ3n) is 2.65. The lowest BCUT2D eigenvalue weighted by Crippen LogP contribution is -1.88. The molecule has 0 aromatic carbocycles. The number of aryl methyl sites for hydroxylation is 1. The van der Waals surface area contributed by atoms with Crippen LogP contribution in [-0.2, 0) is 0 Å². The minimum absolute atomic E-state index is 0.422. The van der Waals surface area contributed by atoms with Gasteiger partial charge in [0.2, 0.25) is 0 Å². The molecule has 2 aromatic rings. The SMILES string of the molecule is Cc1cn[nH]c1-c1[nH]c(C=O)c(C)c1C=O. The molecular weight excluding hydrogens is 206 g/mol. The van der Waals surface area contributed by atoms with E-state index in [4.69, 9.17) is 0 Å². The Morgan fingerprint density at radius 3 is 2.44 bits per heavy atom. The van der Waals surface area contributed by atoms with Crippen molar-refractivity contribution in [2.45, 2.75) is 13.8 Å². The molecule has 0 aliphatic heterocycles. The van der Waals surface area contributed by atoms with Crippen LogP contribution in [0.5, 0.6) is 0 Å². The van der Waals surface area contributed by atoms with Gasteiger partial charge in [-0.05, 0) is 25.0 Å². The first-order valence-corrected chi connectivity index (χ1v) is 4.82. The molecule has 0 unspecified atom stereocenters. The third kappa shape index (κ3) is 1.37. The summed E-state index contributed by atoms with van der Waals surface area (Å²) in [6, 6.07) is 0. The highest BCUT2D eigenvalue weighted by atomic mass is 16.1. The number of carbonyl (C=O) groups excluding carboxylic acids is 2. The lowest BCUT2D eigenvalue weighted by atomic mass is 10.1. The first-order chi connectivity index (χ1) is 7.69. The van der Waals surface area contributed by atoms with Crippen LogP contribution < -0.4 is 0 Å². The first kappa shape index (κ1) is 10.4. The predicted octanol–water partition coefficient (Wildman–Crippen LogP) is 1.65. The van der Waals surface area contributed by atoms with Crippen molar-refractivity contribution in [3.8, 4) is 11.4 Å². The highest BCUT2D eigenvalue weighted by Crippen LogP contribution is 2.26. The molecule has 0 atom stereocenters. The van der Waals surface area contributed by atoms with E-state index in [0.29, 0.717) is 28.8 Å². The van der Waals surface area contributed by atoms with Gasteiger partial charge >= 0.3 is 0 Å². The molecule has 0 aliphatic rings. The van der Waals surface area contributed by atoms with Crippen molar-refractivity contribution >= 4 is 12.6 Å². The van der Waals surface area contributed by atoms with Crippen LogP contribution in [0.3, 0.4) is 0 Å². The monoisotopic (exact) mass is 217 g/mol. The molecule has 16 heavy (non-hydrogen) atoms. The van der Waals surface area contributed by atoms with Crippen LogP contribution in [0.4, 0.5) is 0 Å². The Morgan fingerprint density at radius 1 is 1.19 bits per heavy atom. The van der Waals surface area contributed by atoms with Crippen molar-refractivity contribution in [3.05, 3.63) is 28.6 Å². The lowest BCUT2D eigenvalue weighted by molar-refractivity contribution is 0.111. The van der Waals surface area contributed by atoms with E-state index in [1.807, 2.05) is 6.92 Å². The lowest BCUT2D eigenvalue weighted by Gasteiger charge is -1.97. The maximum absolute atomic E-state index is 11.0. The quantitative estimate of drug-likeness (QED) is 0.767. The number of aromatic amines is 2. The predicted molar refractivity (Wildman–Crippen MR) is 58.6 cm³/mol. The largest absolute Gasteiger partial charge is 0.350 e. The van der Waals surface area contributed by atoms with Gasteiger partial charge in [-0.15, -0.1) is 0 Å². The molecule has 0 fully saturated rings. The number of carbonyl (C=O) groups is 2. The molecule has 0 saturated heterocycles. The van der Waals surface area contributed by atoms with Crippen LogP contribution in [0, 0.1) is 13.8 Å². The average Bonchev–Trinajstić information content (AvgIpc) is 2.82. The van der Waals surface area contributed by atoms with Crippen LogP contribution >= 0.6 is 0 Å². The maximum atomic E-state index is 11.0. The van der Waals surface area contributed by atoms with Gasteiger partial charge < -0.3 is 4.98 Å². The minimum Gasteiger partial charge on any atom is -0.350 e. The molecule has 2 rings (SSSR count). The molecule has 0 spiro atoms. The Labute approximate surface area is 91.9 Å². The maximum Gasteiger partial charge on any atom is 0.166 e. The van der Waals surface area contributed by atoms with Crippen molar-refractivity contribution < 1.29 is 9.59 Å². The summed E-state index contributed by atoms with van der Waals surface area (Å²) in [5, 5.41) is 6.69. The van der Waals surface area contributed by atoms with E-state index >= 15 is 0 Å². The van der Waals surface area contributed by atoms with E-state index in [2.05, 4.69) is 15.2 Å². The second kappa shape index (κ2) is 3.77. The average molecular weight is 217 g/mol. The number of aromatic nitrogens is 3. The Hall–Kier alpha value is -2.17. The Bertz CT molecular complexity index is 552. The van der Waals surface area contributed by atoms with Crippen LogP contribution in [0.15, 0.2) is 6.20 Å². The topological polar surface area (TPSA) is 78.6 Å². The summed E-state index contributed by atoms with van der Waals surface area (Å²) in [6.07, 6.45) is 3.12. The van der Waals surface area contributed by atoms with Gasteiger partial charge in [0.15, 0.2) is 12.6 Å². The molecule has 0 amide bonds. The number of nitrogens with one attached hydrogen (secondary N) is 2. The van der Waals surface area contributed by atoms with Gasteiger partial charge in [-0.2, -0.15) is 5.10 Å². The zero-order valence-corrected chi connectivity index (χ0v) is 9.00. The fraction of sp³-hybridized carbons (Fsp3) is 0.182. The standard InChI is InChI=1S/C11H11N3O2/c1-6-3-12-14-10(6)11-8(4-15)7(2)9(5-16)13-11/h3-5,13H,1-2H3,(H,12,14). The smallest absolute Gasteiger partial charge is 0.166 e. The van der Waals surface area contributed by atoms with Crippen molar-refractivity contribution in [1.29, 1.82) is 0 Å². The van der Waals surface area contributed by atoms with E-state index < -0.39 is 0 Å². The number of aldehydes is 2. The van der Waals surface area contributed by atoms with Crippen molar-refractivity contribution in [2.75, 3.05) is 0 Å². The second-order valence-electron chi connectivity index (χ2n) is 3.62. The van der Waals surface area contributed by atoms with Crippen LogP contribution in [-0.4, -0.2) is 27.8 Å². The summed E-state index contributed by atoms with van der Waals surface area (Å²) >= 11 is 0. The Kier molecular flexibility index (Phi) is 2.44. The molecule has 82 valence electrons. The summed E-state index contributed by atoms with van der Waals surface area (Å²) in [6.45, 7) is 3.61. The van der Waals surface area contributed by atoms with Crippen molar-refractivity contribution in [3.63, 3.8) is 0 Å². The van der Waals surface area contributed by atoms with E-state index in [-0.39, 0.29) is 0 Å². The van der Waals surface area contributed by atoms with Gasteiger partial charge in [0, 0.05) is 5.56 Å². The van der Waals surface area contributed by atoms with Gasteiger partial charge in [0.05, 0.1) is 23.3 Å². The number of rotatable bonds is 3. The fourth-order valence-electron chi connectivity index (χ4n) is 1.69. The zero-order chi connectivity index (χ0) is 11.7. The number of H-pyrrole nitrogens is 2. The van der Waals surface area contributed by atoms with Crippen LogP contribution in [0.1, 0.15) is 32.0 Å². The molecular formula is C11H11N3O2. The minimum atomic E-state index is 0.422. The van der Waals surface area contributed by atoms with Crippen molar-refractivity contribution in [2.24, 2.45) is 0 Å². The van der Waals surface area contributed by atoms with Crippen LogP contribution in [0.2, 0.25) is 0 Å². The van der Waals surface area contributed by atoms with E-state index in [1.165, 1.54) is 0 Å². The summed E-state index contributed by atoms with van der Waals surface area (Å²) in [4.78, 5) is 24.7. The molecule has 2 N–H and O–H groups in total. The van der Waals surface area contributed by atoms with Gasteiger partial charge in [-0.25, -0.2) is 0 Å². The molecule has 2 heterocycles. The normalized spacial score (nSPS) is 10.4. The highest BCUT2D eigenvalue weighted by Gasteiger charge is 2.16. The molecule has 0 saturated carbocycles. The number of hydrogen-bond acceptors (Lipinski definition) is 3. The summed E-state index contributed by atoms with van der Waals surface area (Å²) in [5.74, 6) is 0. The number of nitrogens with zero attached hydrogens (tertiary/aromatic N) is 1. The first-order valence-electron chi connectivity index (χ1n) is 4.82. The third-order valence-corrected chi connectivity index (χ3v) is 2.65. The summed E-state index contributed by atoms with van der Waals surface area (Å²) in [5.41, 5.74) is 3.85. The molecule has 2 aromatic heterocycles.